The number of carbonyl (C=O) groups is 4. The highest BCUT2D eigenvalue weighted by molar-refractivity contribution is 5.91. The number of halogens is 2. The summed E-state index contributed by atoms with van der Waals surface area (Å²) < 4.78 is 50.0. The van der Waals surface area contributed by atoms with Crippen LogP contribution in [0.3, 0.4) is 0 Å². The molecule has 36 heavy (non-hydrogen) atoms. The number of hydrogen-bond donors (Lipinski definition) is 1. The zero-order chi connectivity index (χ0) is 27.0. The predicted molar refractivity (Wildman–Crippen MR) is 124 cm³/mol. The molecule has 0 bridgehead atoms. The number of nitrogens with one attached hydrogen (secondary N) is 1. The first-order valence-corrected chi connectivity index (χ1v) is 11.7. The van der Waals surface area contributed by atoms with Crippen LogP contribution < -0.4 is 10.1 Å². The molecule has 1 amide bonds. The van der Waals surface area contributed by atoms with Crippen LogP contribution in [0.15, 0.2) is 18.2 Å². The van der Waals surface area contributed by atoms with Gasteiger partial charge in [0.1, 0.15) is 18.1 Å². The molecule has 1 N–H and O–H groups in total. The van der Waals surface area contributed by atoms with Crippen molar-refractivity contribution in [1.29, 1.82) is 0 Å². The number of benzene rings is 1. The maximum atomic E-state index is 13.9. The Morgan fingerprint density at radius 2 is 1.72 bits per heavy atom. The van der Waals surface area contributed by atoms with Crippen molar-refractivity contribution in [2.75, 3.05) is 11.9 Å². The summed E-state index contributed by atoms with van der Waals surface area (Å²) >= 11 is 0. The van der Waals surface area contributed by atoms with E-state index in [4.69, 9.17) is 18.9 Å². The number of ether oxygens (including phenoxy) is 4. The van der Waals surface area contributed by atoms with Crippen molar-refractivity contribution in [2.45, 2.75) is 78.8 Å². The van der Waals surface area contributed by atoms with E-state index in [9.17, 15) is 28.0 Å². The van der Waals surface area contributed by atoms with Crippen molar-refractivity contribution in [3.63, 3.8) is 0 Å². The summed E-state index contributed by atoms with van der Waals surface area (Å²) in [5.74, 6) is -2.27. The van der Waals surface area contributed by atoms with Gasteiger partial charge in [0.05, 0.1) is 11.7 Å². The number of ketones is 1. The number of carbonyl (C=O) groups excluding carboxylic acids is 4. The molecule has 1 aromatic carbocycles. The first-order valence-electron chi connectivity index (χ1n) is 11.7. The third kappa shape index (κ3) is 8.54. The number of hydrogen-bond acceptors (Lipinski definition) is 8. The number of Topliss-reactive ketones (excluding diaryl/α,β-unsaturated/α-hetero) is 1. The molecule has 2 rings (SSSR count). The molecule has 1 aromatic rings. The van der Waals surface area contributed by atoms with E-state index >= 15 is 0 Å². The maximum absolute atomic E-state index is 13.9. The molecule has 9 nitrogen and oxygen atoms in total. The van der Waals surface area contributed by atoms with Crippen LogP contribution in [0, 0.1) is 11.8 Å². The van der Waals surface area contributed by atoms with E-state index in [-0.39, 0.29) is 48.5 Å². The monoisotopic (exact) mass is 513 g/mol. The third-order valence-corrected chi connectivity index (χ3v) is 5.97. The minimum atomic E-state index is -2.95. The van der Waals surface area contributed by atoms with Gasteiger partial charge in [-0.05, 0) is 37.5 Å². The predicted octanol–water partition coefficient (Wildman–Crippen LogP) is 4.19. The van der Waals surface area contributed by atoms with Crippen LogP contribution in [0.1, 0.15) is 65.9 Å². The largest absolute Gasteiger partial charge is 0.463 e. The normalized spacial score (nSPS) is 23.6. The molecule has 11 heteroatoms. The molecule has 5 atom stereocenters. The van der Waals surface area contributed by atoms with E-state index in [1.807, 2.05) is 6.92 Å². The Morgan fingerprint density at radius 1 is 1.03 bits per heavy atom. The van der Waals surface area contributed by atoms with Crippen molar-refractivity contribution in [1.82, 2.24) is 0 Å². The van der Waals surface area contributed by atoms with Crippen molar-refractivity contribution >= 4 is 29.3 Å². The van der Waals surface area contributed by atoms with Gasteiger partial charge in [-0.2, -0.15) is 0 Å². The van der Waals surface area contributed by atoms with Gasteiger partial charge in [0, 0.05) is 38.3 Å². The van der Waals surface area contributed by atoms with Crippen molar-refractivity contribution in [3.8, 4) is 5.75 Å². The Balaban J connectivity index is 2.24. The van der Waals surface area contributed by atoms with Gasteiger partial charge in [0.2, 0.25) is 12.2 Å². The molecule has 0 aromatic heterocycles. The van der Waals surface area contributed by atoms with Crippen LogP contribution in [-0.4, -0.2) is 48.7 Å². The molecule has 1 aliphatic heterocycles. The molecule has 0 radical (unpaired) electrons. The van der Waals surface area contributed by atoms with E-state index in [1.54, 1.807) is 6.92 Å². The van der Waals surface area contributed by atoms with Gasteiger partial charge in [-0.15, -0.1) is 0 Å². The number of alkyl halides is 2. The van der Waals surface area contributed by atoms with Crippen molar-refractivity contribution < 1.29 is 46.9 Å². The molecule has 1 aliphatic rings. The second kappa shape index (κ2) is 13.3. The summed E-state index contributed by atoms with van der Waals surface area (Å²) in [5.41, 5.74) is -0.356. The van der Waals surface area contributed by atoms with Gasteiger partial charge >= 0.3 is 11.9 Å². The van der Waals surface area contributed by atoms with E-state index in [2.05, 4.69) is 5.32 Å². The number of rotatable bonds is 11. The summed E-state index contributed by atoms with van der Waals surface area (Å²) in [7, 11) is 0. The standard InChI is InChI=1S/C25H33F2NO8/c1-13(29)7-6-8-22(32)28-18-9-10-20(19(11-18)24(26)27)35-25-23(34-17(5)31)15(3)14(2)21(36-25)12-33-16(4)30/h9-11,14-15,21,23-25H,6-8,12H2,1-5H3,(H,28,32)/t14-,15+,21?,23?,25-/m1/s1. The lowest BCUT2D eigenvalue weighted by atomic mass is 9.83. The number of esters is 2. The Morgan fingerprint density at radius 3 is 2.31 bits per heavy atom. The van der Waals surface area contributed by atoms with Crippen LogP contribution in [0.5, 0.6) is 5.75 Å². The first-order chi connectivity index (χ1) is 16.9. The highest BCUT2D eigenvalue weighted by Crippen LogP contribution is 2.37. The topological polar surface area (TPSA) is 117 Å². The quantitative estimate of drug-likeness (QED) is 0.438. The molecule has 1 saturated heterocycles. The second-order valence-electron chi connectivity index (χ2n) is 8.91. The molecule has 1 heterocycles. The van der Waals surface area contributed by atoms with Gasteiger partial charge in [0.25, 0.3) is 6.43 Å². The van der Waals surface area contributed by atoms with E-state index < -0.39 is 48.3 Å². The molecule has 1 fully saturated rings. The lowest BCUT2D eigenvalue weighted by Gasteiger charge is -2.43. The van der Waals surface area contributed by atoms with Crippen molar-refractivity contribution in [2.24, 2.45) is 11.8 Å². The highest BCUT2D eigenvalue weighted by Gasteiger charge is 2.45. The zero-order valence-corrected chi connectivity index (χ0v) is 21.0. The Kier molecular flexibility index (Phi) is 10.8. The average molecular weight is 514 g/mol. The van der Waals surface area contributed by atoms with Gasteiger partial charge in [0.15, 0.2) is 6.10 Å². The Bertz CT molecular complexity index is 952. The fraction of sp³-hybridized carbons (Fsp3) is 0.600. The fourth-order valence-corrected chi connectivity index (χ4v) is 3.85. The lowest BCUT2D eigenvalue weighted by molar-refractivity contribution is -0.253. The smallest absolute Gasteiger partial charge is 0.303 e. The van der Waals surface area contributed by atoms with Crippen LogP contribution >= 0.6 is 0 Å². The van der Waals surface area contributed by atoms with Crippen molar-refractivity contribution in [3.05, 3.63) is 23.8 Å². The van der Waals surface area contributed by atoms with E-state index in [1.165, 1.54) is 32.9 Å². The minimum absolute atomic E-state index is 0.0416. The molecule has 200 valence electrons. The SMILES string of the molecule is CC(=O)CCCC(=O)Nc1ccc(O[C@@H]2OC(COC(C)=O)[C@H](C)[C@H](C)C2OC(C)=O)c(C(F)F)c1. The summed E-state index contributed by atoms with van der Waals surface area (Å²) in [6.45, 7) is 7.46. The molecular formula is C25H33F2NO8. The molecule has 0 aliphatic carbocycles. The van der Waals surface area contributed by atoms with Gasteiger partial charge in [-0.1, -0.05) is 13.8 Å². The molecular weight excluding hydrogens is 480 g/mol. The molecule has 0 spiro atoms. The summed E-state index contributed by atoms with van der Waals surface area (Å²) in [5, 5.41) is 2.54. The highest BCUT2D eigenvalue weighted by atomic mass is 19.3. The van der Waals surface area contributed by atoms with Crippen LogP contribution in [0.4, 0.5) is 14.5 Å². The summed E-state index contributed by atoms with van der Waals surface area (Å²) in [4.78, 5) is 46.1. The Labute approximate surface area is 208 Å². The minimum Gasteiger partial charge on any atom is -0.463 e. The van der Waals surface area contributed by atoms with Gasteiger partial charge in [-0.3, -0.25) is 14.4 Å². The summed E-state index contributed by atoms with van der Waals surface area (Å²) in [6.07, 6.45) is -5.04. The fourth-order valence-electron chi connectivity index (χ4n) is 3.85. The Hall–Kier alpha value is -3.08. The molecule has 0 saturated carbocycles. The third-order valence-electron chi connectivity index (χ3n) is 5.97. The van der Waals surface area contributed by atoms with Crippen LogP contribution in [0.2, 0.25) is 0 Å². The van der Waals surface area contributed by atoms with Crippen LogP contribution in [0.25, 0.3) is 0 Å². The van der Waals surface area contributed by atoms with Gasteiger partial charge < -0.3 is 29.1 Å². The maximum Gasteiger partial charge on any atom is 0.303 e. The lowest BCUT2D eigenvalue weighted by Crippen LogP contribution is -2.54. The zero-order valence-electron chi connectivity index (χ0n) is 21.0. The second-order valence-corrected chi connectivity index (χ2v) is 8.91. The average Bonchev–Trinajstić information content (AvgIpc) is 2.78. The first kappa shape index (κ1) is 29.2. The van der Waals surface area contributed by atoms with Gasteiger partial charge in [-0.25, -0.2) is 8.78 Å². The number of anilines is 1. The van der Waals surface area contributed by atoms with E-state index in [0.29, 0.717) is 6.42 Å². The number of amides is 1. The summed E-state index contributed by atoms with van der Waals surface area (Å²) in [6, 6.07) is 3.76. The van der Waals surface area contributed by atoms with E-state index in [0.717, 1.165) is 6.07 Å². The van der Waals surface area contributed by atoms with Crippen LogP contribution in [-0.2, 0) is 33.4 Å². The molecule has 2 unspecified atom stereocenters.